The molecule has 0 aliphatic heterocycles. The molecule has 0 aromatic heterocycles. The van der Waals surface area contributed by atoms with Crippen LogP contribution in [0.2, 0.25) is 0 Å². The summed E-state index contributed by atoms with van der Waals surface area (Å²) in [6.07, 6.45) is 1.80. The third-order valence-corrected chi connectivity index (χ3v) is 5.02. The van der Waals surface area contributed by atoms with Crippen molar-refractivity contribution in [3.8, 4) is 11.8 Å². The summed E-state index contributed by atoms with van der Waals surface area (Å²) >= 11 is 7.59. The summed E-state index contributed by atoms with van der Waals surface area (Å²) in [7, 11) is 0. The standard InChI is InChI=1S/C17H10BrI2NO3/c18-13-3-1-2-11(7-13)12(8-21)4-10-5-14(19)17(15(20)6-10)24-9-16(22)23/h1-7H,9H2,(H,22,23)/b12-4-. The van der Waals surface area contributed by atoms with Crippen LogP contribution in [0.5, 0.6) is 5.75 Å². The van der Waals surface area contributed by atoms with Crippen molar-refractivity contribution in [2.24, 2.45) is 0 Å². The summed E-state index contributed by atoms with van der Waals surface area (Å²) in [6.45, 7) is -0.386. The van der Waals surface area contributed by atoms with E-state index in [2.05, 4.69) is 67.2 Å². The molecule has 0 aliphatic rings. The lowest BCUT2D eigenvalue weighted by Gasteiger charge is -2.10. The number of nitriles is 1. The zero-order valence-corrected chi connectivity index (χ0v) is 18.0. The smallest absolute Gasteiger partial charge is 0.341 e. The van der Waals surface area contributed by atoms with Crippen LogP contribution >= 0.6 is 61.1 Å². The third kappa shape index (κ3) is 5.19. The minimum Gasteiger partial charge on any atom is -0.480 e. The fraction of sp³-hybridized carbons (Fsp3) is 0.0588. The van der Waals surface area contributed by atoms with Crippen LogP contribution in [0.15, 0.2) is 40.9 Å². The van der Waals surface area contributed by atoms with Crippen LogP contribution in [-0.2, 0) is 4.79 Å². The van der Waals surface area contributed by atoms with Gasteiger partial charge in [-0.25, -0.2) is 4.79 Å². The van der Waals surface area contributed by atoms with Crippen LogP contribution in [0.3, 0.4) is 0 Å². The van der Waals surface area contributed by atoms with Crippen LogP contribution < -0.4 is 4.74 Å². The van der Waals surface area contributed by atoms with Gasteiger partial charge in [-0.05, 0) is 86.7 Å². The number of allylic oxidation sites excluding steroid dienone is 1. The first-order chi connectivity index (χ1) is 11.4. The normalized spacial score (nSPS) is 11.0. The van der Waals surface area contributed by atoms with Crippen LogP contribution in [0.1, 0.15) is 11.1 Å². The molecule has 0 aliphatic carbocycles. The van der Waals surface area contributed by atoms with E-state index >= 15 is 0 Å². The molecule has 24 heavy (non-hydrogen) atoms. The van der Waals surface area contributed by atoms with Crippen LogP contribution in [0.4, 0.5) is 0 Å². The highest BCUT2D eigenvalue weighted by molar-refractivity contribution is 14.1. The van der Waals surface area contributed by atoms with E-state index in [9.17, 15) is 10.1 Å². The van der Waals surface area contributed by atoms with Crippen LogP contribution in [0, 0.1) is 18.5 Å². The zero-order chi connectivity index (χ0) is 17.7. The van der Waals surface area contributed by atoms with E-state index in [1.165, 1.54) is 0 Å². The Bertz CT molecular complexity index is 836. The molecule has 0 radical (unpaired) electrons. The van der Waals surface area contributed by atoms with Crippen molar-refractivity contribution in [2.45, 2.75) is 0 Å². The zero-order valence-electron chi connectivity index (χ0n) is 12.1. The van der Waals surface area contributed by atoms with Gasteiger partial charge in [0.05, 0.1) is 18.8 Å². The molecule has 4 nitrogen and oxygen atoms in total. The van der Waals surface area contributed by atoms with Gasteiger partial charge in [0.15, 0.2) is 6.61 Å². The molecule has 0 unspecified atom stereocenters. The second-order valence-electron chi connectivity index (χ2n) is 4.68. The highest BCUT2D eigenvalue weighted by Crippen LogP contribution is 2.31. The van der Waals surface area contributed by atoms with Gasteiger partial charge in [0.2, 0.25) is 0 Å². The van der Waals surface area contributed by atoms with Crippen molar-refractivity contribution in [3.63, 3.8) is 0 Å². The molecular formula is C17H10BrI2NO3. The van der Waals surface area contributed by atoms with Gasteiger partial charge in [0.25, 0.3) is 0 Å². The molecule has 0 fully saturated rings. The maximum atomic E-state index is 10.7. The number of carboxylic acid groups (broad SMARTS) is 1. The molecule has 0 amide bonds. The average Bonchev–Trinajstić information content (AvgIpc) is 2.51. The Hall–Kier alpha value is -1.12. The average molecular weight is 610 g/mol. The summed E-state index contributed by atoms with van der Waals surface area (Å²) in [4.78, 5) is 10.7. The third-order valence-electron chi connectivity index (χ3n) is 2.93. The Morgan fingerprint density at radius 2 is 1.96 bits per heavy atom. The van der Waals surface area contributed by atoms with Gasteiger partial charge < -0.3 is 9.84 Å². The molecule has 0 heterocycles. The fourth-order valence-electron chi connectivity index (χ4n) is 1.94. The maximum Gasteiger partial charge on any atom is 0.341 e. The molecule has 122 valence electrons. The molecule has 2 rings (SSSR count). The Morgan fingerprint density at radius 3 is 2.50 bits per heavy atom. The molecule has 0 spiro atoms. The van der Waals surface area contributed by atoms with Gasteiger partial charge >= 0.3 is 5.97 Å². The Morgan fingerprint density at radius 1 is 1.29 bits per heavy atom. The van der Waals surface area contributed by atoms with E-state index in [4.69, 9.17) is 9.84 Å². The lowest BCUT2D eigenvalue weighted by molar-refractivity contribution is -0.139. The SMILES string of the molecule is N#C/C(=C/c1cc(I)c(OCC(=O)O)c(I)c1)c1cccc(Br)c1. The van der Waals surface area contributed by atoms with Crippen LogP contribution in [-0.4, -0.2) is 17.7 Å². The monoisotopic (exact) mass is 609 g/mol. The molecule has 0 atom stereocenters. The van der Waals surface area contributed by atoms with Gasteiger partial charge in [-0.3, -0.25) is 0 Å². The first-order valence-corrected chi connectivity index (χ1v) is 9.57. The number of halogens is 3. The summed E-state index contributed by atoms with van der Waals surface area (Å²) < 4.78 is 7.80. The second-order valence-corrected chi connectivity index (χ2v) is 7.92. The summed E-state index contributed by atoms with van der Waals surface area (Å²) in [5, 5.41) is 18.2. The molecular weight excluding hydrogens is 600 g/mol. The predicted molar refractivity (Wildman–Crippen MR) is 113 cm³/mol. The molecule has 0 saturated carbocycles. The molecule has 1 N–H and O–H groups in total. The lowest BCUT2D eigenvalue weighted by Crippen LogP contribution is -2.11. The van der Waals surface area contributed by atoms with Gasteiger partial charge in [0.1, 0.15) is 5.75 Å². The highest BCUT2D eigenvalue weighted by Gasteiger charge is 2.11. The van der Waals surface area contributed by atoms with Crippen molar-refractivity contribution in [2.75, 3.05) is 6.61 Å². The quantitative estimate of drug-likeness (QED) is 0.288. The number of hydrogen-bond donors (Lipinski definition) is 1. The second kappa shape index (κ2) is 8.82. The number of carboxylic acids is 1. The van der Waals surface area contributed by atoms with E-state index in [-0.39, 0.29) is 6.61 Å². The molecule has 0 saturated heterocycles. The van der Waals surface area contributed by atoms with E-state index in [0.29, 0.717) is 11.3 Å². The molecule has 2 aromatic carbocycles. The van der Waals surface area contributed by atoms with Crippen LogP contribution in [0.25, 0.3) is 11.6 Å². The van der Waals surface area contributed by atoms with E-state index in [1.54, 1.807) is 6.08 Å². The van der Waals surface area contributed by atoms with E-state index in [0.717, 1.165) is 22.7 Å². The van der Waals surface area contributed by atoms with Gasteiger partial charge in [-0.1, -0.05) is 28.1 Å². The Kier molecular flexibility index (Phi) is 7.06. The van der Waals surface area contributed by atoms with Crippen molar-refractivity contribution in [1.29, 1.82) is 5.26 Å². The number of rotatable bonds is 5. The number of nitrogens with zero attached hydrogens (tertiary/aromatic N) is 1. The largest absolute Gasteiger partial charge is 0.480 e. The number of hydrogen-bond acceptors (Lipinski definition) is 3. The minimum absolute atomic E-state index is 0.386. The van der Waals surface area contributed by atoms with E-state index in [1.807, 2.05) is 36.4 Å². The summed E-state index contributed by atoms with van der Waals surface area (Å²) in [5.74, 6) is -0.483. The maximum absolute atomic E-state index is 10.7. The fourth-order valence-corrected chi connectivity index (χ4v) is 4.46. The molecule has 0 bridgehead atoms. The topological polar surface area (TPSA) is 70.3 Å². The molecule has 7 heteroatoms. The molecule has 2 aromatic rings. The van der Waals surface area contributed by atoms with E-state index < -0.39 is 5.97 Å². The first kappa shape index (κ1) is 19.2. The van der Waals surface area contributed by atoms with Gasteiger partial charge in [-0.15, -0.1) is 0 Å². The Balaban J connectivity index is 2.38. The van der Waals surface area contributed by atoms with Crippen molar-refractivity contribution < 1.29 is 14.6 Å². The summed E-state index contributed by atoms with van der Waals surface area (Å²) in [5.41, 5.74) is 2.22. The first-order valence-electron chi connectivity index (χ1n) is 6.62. The Labute approximate surface area is 174 Å². The van der Waals surface area contributed by atoms with Crippen molar-refractivity contribution in [3.05, 3.63) is 59.1 Å². The lowest BCUT2D eigenvalue weighted by atomic mass is 10.0. The highest BCUT2D eigenvalue weighted by atomic mass is 127. The summed E-state index contributed by atoms with van der Waals surface area (Å²) in [6, 6.07) is 13.5. The van der Waals surface area contributed by atoms with Crippen molar-refractivity contribution >= 4 is 78.7 Å². The van der Waals surface area contributed by atoms with Crippen molar-refractivity contribution in [1.82, 2.24) is 0 Å². The number of ether oxygens (including phenoxy) is 1. The van der Waals surface area contributed by atoms with Gasteiger partial charge in [-0.2, -0.15) is 5.26 Å². The minimum atomic E-state index is -1.02. The number of carbonyl (C=O) groups is 1. The predicted octanol–water partition coefficient (Wildman–Crippen LogP) is 5.19. The number of aliphatic carboxylic acids is 1. The number of benzene rings is 2. The van der Waals surface area contributed by atoms with Gasteiger partial charge in [0, 0.05) is 4.47 Å².